The Morgan fingerprint density at radius 2 is 1.11 bits per heavy atom. The van der Waals surface area contributed by atoms with Gasteiger partial charge >= 0.3 is 0 Å². The van der Waals surface area contributed by atoms with E-state index in [-0.39, 0.29) is 5.60 Å². The van der Waals surface area contributed by atoms with Crippen LogP contribution in [-0.4, -0.2) is 5.60 Å². The van der Waals surface area contributed by atoms with Crippen molar-refractivity contribution in [2.45, 2.75) is 166 Å². The Labute approximate surface area is 222 Å². The molecule has 35 heavy (non-hydrogen) atoms. The first-order valence-electron chi connectivity index (χ1n) is 15.3. The molecule has 1 nitrogen and oxygen atoms in total. The number of rotatable bonds is 12. The van der Waals surface area contributed by atoms with Crippen LogP contribution in [0.1, 0.15) is 154 Å². The maximum Gasteiger partial charge on any atom is 0.126 e. The summed E-state index contributed by atoms with van der Waals surface area (Å²) < 4.78 is 6.72. The van der Waals surface area contributed by atoms with Gasteiger partial charge in [0.2, 0.25) is 0 Å². The summed E-state index contributed by atoms with van der Waals surface area (Å²) >= 11 is 0. The molecule has 206 valence electrons. The lowest BCUT2D eigenvalue weighted by Gasteiger charge is -2.38. The highest BCUT2D eigenvalue weighted by Gasteiger charge is 2.33. The highest BCUT2D eigenvalue weighted by Crippen LogP contribution is 2.42. The van der Waals surface area contributed by atoms with Crippen molar-refractivity contribution in [3.63, 3.8) is 0 Å². The van der Waals surface area contributed by atoms with Crippen LogP contribution in [0.4, 0.5) is 0 Å². The predicted octanol–water partition coefficient (Wildman–Crippen LogP) is 11.5. The van der Waals surface area contributed by atoms with Gasteiger partial charge in [-0.1, -0.05) is 100 Å². The van der Waals surface area contributed by atoms with E-state index < -0.39 is 0 Å². The van der Waals surface area contributed by atoms with Crippen molar-refractivity contribution in [2.75, 3.05) is 0 Å². The summed E-state index contributed by atoms with van der Waals surface area (Å²) in [6.45, 7) is 29.0. The topological polar surface area (TPSA) is 9.23 Å². The maximum atomic E-state index is 6.72. The Bertz CT molecular complexity index is 701. The van der Waals surface area contributed by atoms with Crippen LogP contribution in [0.15, 0.2) is 0 Å². The molecule has 0 spiro atoms. The average molecular weight is 489 g/mol. The fourth-order valence-electron chi connectivity index (χ4n) is 5.46. The Kier molecular flexibility index (Phi) is 17.0. The highest BCUT2D eigenvalue weighted by atomic mass is 16.5. The number of hydrogen-bond donors (Lipinski definition) is 0. The normalized spacial score (nSPS) is 18.5. The van der Waals surface area contributed by atoms with E-state index in [1.54, 1.807) is 0 Å². The first kappa shape index (κ1) is 34.0. The number of hydrogen-bond acceptors (Lipinski definition) is 1. The van der Waals surface area contributed by atoms with E-state index in [1.165, 1.54) is 97.8 Å². The third kappa shape index (κ3) is 11.3. The molecular weight excluding hydrogens is 424 g/mol. The molecule has 1 heterocycles. The molecule has 1 aromatic rings. The first-order chi connectivity index (χ1) is 16.5. The summed E-state index contributed by atoms with van der Waals surface area (Å²) in [5.74, 6) is 3.81. The number of ether oxygens (including phenoxy) is 1. The van der Waals surface area contributed by atoms with Crippen LogP contribution >= 0.6 is 0 Å². The van der Waals surface area contributed by atoms with Crippen LogP contribution in [0.3, 0.4) is 0 Å². The van der Waals surface area contributed by atoms with E-state index in [0.717, 1.165) is 24.2 Å². The van der Waals surface area contributed by atoms with Crippen molar-refractivity contribution in [1.29, 1.82) is 0 Å². The fraction of sp³-hybridized carbons (Fsp3) is 0.824. The standard InChI is InChI=1S/C30H52O.2C2H6/c1-21(2)13-10-14-22(3)15-11-16-23(4)17-12-19-30(9)20-18-28-26(7)24(5)25(6)27(8)29(28)31-30;2*1-2/h21-23H,10-20H2,1-9H3;2*1-2H3/t22-,23-,30-;;/m1../s1. The fourth-order valence-corrected chi connectivity index (χ4v) is 5.46. The SMILES string of the molecule is CC.CC.Cc1c(C)c(C)c2c(c1C)CC[C@@](C)(CCC[C@H](C)CCC[C@H](C)CCCC(C)C)O2. The van der Waals surface area contributed by atoms with Crippen LogP contribution in [0, 0.1) is 45.4 Å². The first-order valence-corrected chi connectivity index (χ1v) is 15.3. The van der Waals surface area contributed by atoms with E-state index >= 15 is 0 Å². The molecule has 0 N–H and O–H groups in total. The second-order valence-electron chi connectivity index (χ2n) is 11.7. The summed E-state index contributed by atoms with van der Waals surface area (Å²) in [7, 11) is 0. The van der Waals surface area contributed by atoms with Crippen molar-refractivity contribution in [1.82, 2.24) is 0 Å². The second kappa shape index (κ2) is 17.5. The quantitative estimate of drug-likeness (QED) is 0.284. The molecule has 1 aliphatic rings. The predicted molar refractivity (Wildman–Crippen MR) is 160 cm³/mol. The van der Waals surface area contributed by atoms with Gasteiger partial charge in [0.05, 0.1) is 0 Å². The Hall–Kier alpha value is -0.980. The zero-order valence-electron chi connectivity index (χ0n) is 26.4. The van der Waals surface area contributed by atoms with Crippen molar-refractivity contribution in [3.05, 3.63) is 27.8 Å². The molecule has 1 heteroatoms. The van der Waals surface area contributed by atoms with Crippen molar-refractivity contribution in [3.8, 4) is 5.75 Å². The van der Waals surface area contributed by atoms with E-state index in [4.69, 9.17) is 4.74 Å². The largest absolute Gasteiger partial charge is 0.487 e. The summed E-state index contributed by atoms with van der Waals surface area (Å²) in [4.78, 5) is 0. The van der Waals surface area contributed by atoms with Gasteiger partial charge < -0.3 is 4.74 Å². The van der Waals surface area contributed by atoms with Gasteiger partial charge in [0.1, 0.15) is 11.4 Å². The van der Waals surface area contributed by atoms with Gasteiger partial charge in [-0.05, 0) is 106 Å². The van der Waals surface area contributed by atoms with Gasteiger partial charge in [0.15, 0.2) is 0 Å². The van der Waals surface area contributed by atoms with E-state index in [2.05, 4.69) is 62.3 Å². The second-order valence-corrected chi connectivity index (χ2v) is 11.7. The smallest absolute Gasteiger partial charge is 0.126 e. The summed E-state index contributed by atoms with van der Waals surface area (Å²) in [5, 5.41) is 0. The summed E-state index contributed by atoms with van der Waals surface area (Å²) in [6.07, 6.45) is 14.6. The van der Waals surface area contributed by atoms with E-state index in [9.17, 15) is 0 Å². The van der Waals surface area contributed by atoms with Gasteiger partial charge in [-0.3, -0.25) is 0 Å². The van der Waals surface area contributed by atoms with Gasteiger partial charge in [0, 0.05) is 0 Å². The molecule has 0 amide bonds. The zero-order chi connectivity index (χ0) is 27.2. The summed E-state index contributed by atoms with van der Waals surface area (Å²) in [6, 6.07) is 0. The van der Waals surface area contributed by atoms with Crippen LogP contribution in [0.25, 0.3) is 0 Å². The highest BCUT2D eigenvalue weighted by molar-refractivity contribution is 5.55. The van der Waals surface area contributed by atoms with E-state index in [1.807, 2.05) is 27.7 Å². The monoisotopic (exact) mass is 488 g/mol. The lowest BCUT2D eigenvalue weighted by molar-refractivity contribution is 0.0513. The molecule has 1 aromatic carbocycles. The molecule has 0 saturated carbocycles. The average Bonchev–Trinajstić information content (AvgIpc) is 2.83. The Balaban J connectivity index is 0.00000274. The van der Waals surface area contributed by atoms with Crippen LogP contribution < -0.4 is 4.74 Å². The molecule has 0 unspecified atom stereocenters. The van der Waals surface area contributed by atoms with Crippen LogP contribution in [0.2, 0.25) is 0 Å². The molecule has 2 rings (SSSR count). The van der Waals surface area contributed by atoms with Gasteiger partial charge in [0.25, 0.3) is 0 Å². The lowest BCUT2D eigenvalue weighted by Crippen LogP contribution is -2.37. The van der Waals surface area contributed by atoms with Crippen LogP contribution in [-0.2, 0) is 6.42 Å². The molecule has 0 saturated heterocycles. The van der Waals surface area contributed by atoms with Crippen LogP contribution in [0.5, 0.6) is 5.75 Å². The maximum absolute atomic E-state index is 6.72. The molecule has 0 fully saturated rings. The molecule has 3 atom stereocenters. The molecule has 0 aromatic heterocycles. The summed E-state index contributed by atoms with van der Waals surface area (Å²) in [5.41, 5.74) is 7.15. The van der Waals surface area contributed by atoms with E-state index in [0.29, 0.717) is 0 Å². The van der Waals surface area contributed by atoms with Gasteiger partial charge in [-0.2, -0.15) is 0 Å². The van der Waals surface area contributed by atoms with Gasteiger partial charge in [-0.15, -0.1) is 0 Å². The van der Waals surface area contributed by atoms with Gasteiger partial charge in [-0.25, -0.2) is 0 Å². The molecule has 1 aliphatic heterocycles. The molecule has 0 radical (unpaired) electrons. The number of benzene rings is 1. The van der Waals surface area contributed by atoms with Crippen molar-refractivity contribution >= 4 is 0 Å². The Morgan fingerprint density at radius 3 is 1.63 bits per heavy atom. The molecule has 0 bridgehead atoms. The lowest BCUT2D eigenvalue weighted by atomic mass is 9.83. The minimum atomic E-state index is 0.0105. The minimum absolute atomic E-state index is 0.0105. The molecular formula is C34H64O. The van der Waals surface area contributed by atoms with Crippen molar-refractivity contribution in [2.24, 2.45) is 17.8 Å². The third-order valence-electron chi connectivity index (χ3n) is 8.28. The zero-order valence-corrected chi connectivity index (χ0v) is 26.4. The Morgan fingerprint density at radius 1 is 0.657 bits per heavy atom. The third-order valence-corrected chi connectivity index (χ3v) is 8.28. The molecule has 0 aliphatic carbocycles. The number of fused-ring (bicyclic) bond motifs is 1. The van der Waals surface area contributed by atoms with Crippen molar-refractivity contribution < 1.29 is 4.74 Å². The minimum Gasteiger partial charge on any atom is -0.487 e.